The highest BCUT2D eigenvalue weighted by molar-refractivity contribution is 5.71. The van der Waals surface area contributed by atoms with Crippen LogP contribution in [0.3, 0.4) is 0 Å². The average molecular weight is 1150 g/mol. The largest absolute Gasteiger partial charge is 0.462 e. The molecule has 0 radical (unpaired) electrons. The molecule has 0 aromatic heterocycles. The summed E-state index contributed by atoms with van der Waals surface area (Å²) in [6.07, 6.45) is 91.8. The van der Waals surface area contributed by atoms with Crippen LogP contribution in [-0.2, 0) is 28.6 Å². The van der Waals surface area contributed by atoms with Crippen molar-refractivity contribution in [3.63, 3.8) is 0 Å². The van der Waals surface area contributed by atoms with E-state index in [-0.39, 0.29) is 31.1 Å². The zero-order chi connectivity index (χ0) is 59.2. The number of carbonyl (C=O) groups is 3. The maximum atomic E-state index is 12.9. The van der Waals surface area contributed by atoms with E-state index < -0.39 is 6.10 Å². The Bertz CT molecular complexity index is 1460. The highest BCUT2D eigenvalue weighted by Crippen LogP contribution is 2.19. The molecule has 0 aliphatic heterocycles. The summed E-state index contributed by atoms with van der Waals surface area (Å²) >= 11 is 0. The van der Waals surface area contributed by atoms with Gasteiger partial charge < -0.3 is 14.2 Å². The van der Waals surface area contributed by atoms with Gasteiger partial charge in [0.05, 0.1) is 0 Å². The fourth-order valence-corrected chi connectivity index (χ4v) is 10.9. The first kappa shape index (κ1) is 79.1. The maximum Gasteiger partial charge on any atom is 0.306 e. The van der Waals surface area contributed by atoms with E-state index in [2.05, 4.69) is 81.5 Å². The molecule has 0 N–H and O–H groups in total. The van der Waals surface area contributed by atoms with Gasteiger partial charge >= 0.3 is 17.9 Å². The van der Waals surface area contributed by atoms with E-state index >= 15 is 0 Å². The molecule has 82 heavy (non-hydrogen) atoms. The van der Waals surface area contributed by atoms with E-state index in [1.54, 1.807) is 0 Å². The molecule has 0 amide bonds. The smallest absolute Gasteiger partial charge is 0.306 e. The Kier molecular flexibility index (Phi) is 68.1. The Balaban J connectivity index is 3.92. The molecular formula is C76H138O6. The molecule has 1 unspecified atom stereocenters. The molecule has 0 rings (SSSR count). The number of rotatable bonds is 67. The van der Waals surface area contributed by atoms with E-state index in [9.17, 15) is 14.4 Å². The van der Waals surface area contributed by atoms with Gasteiger partial charge in [-0.05, 0) is 64.2 Å². The molecule has 0 aliphatic rings. The number of esters is 3. The summed E-state index contributed by atoms with van der Waals surface area (Å²) in [5, 5.41) is 0. The van der Waals surface area contributed by atoms with Crippen LogP contribution < -0.4 is 0 Å². The van der Waals surface area contributed by atoms with Gasteiger partial charge in [0.15, 0.2) is 6.10 Å². The fraction of sp³-hybridized carbons (Fsp3) is 0.829. The minimum atomic E-state index is -0.768. The van der Waals surface area contributed by atoms with E-state index in [4.69, 9.17) is 14.2 Å². The molecule has 0 saturated heterocycles. The van der Waals surface area contributed by atoms with Crippen molar-refractivity contribution < 1.29 is 28.6 Å². The van der Waals surface area contributed by atoms with Crippen molar-refractivity contribution in [3.8, 4) is 0 Å². The monoisotopic (exact) mass is 1150 g/mol. The van der Waals surface area contributed by atoms with Crippen LogP contribution in [0.15, 0.2) is 60.8 Å². The van der Waals surface area contributed by atoms with E-state index in [1.165, 1.54) is 250 Å². The molecule has 0 saturated carbocycles. The Hall–Kier alpha value is -2.89. The second-order valence-electron chi connectivity index (χ2n) is 24.5. The van der Waals surface area contributed by atoms with Crippen molar-refractivity contribution in [1.29, 1.82) is 0 Å². The van der Waals surface area contributed by atoms with Crippen molar-refractivity contribution in [1.82, 2.24) is 0 Å². The van der Waals surface area contributed by atoms with Gasteiger partial charge in [-0.3, -0.25) is 14.4 Å². The topological polar surface area (TPSA) is 78.9 Å². The van der Waals surface area contributed by atoms with Crippen molar-refractivity contribution in [2.24, 2.45) is 0 Å². The summed E-state index contributed by atoms with van der Waals surface area (Å²) in [7, 11) is 0. The third-order valence-electron chi connectivity index (χ3n) is 16.3. The SMILES string of the molecule is CC/C=C\C/C=C\C/C=C\C/C=C\C/C=C\CCCCCCCCCCCCCCCCCC(=O)OCC(COC(=O)CCCCCCC)OC(=O)CCCCCCCCCCCCCCCCCCCCCCCCCCCCCC. The lowest BCUT2D eigenvalue weighted by molar-refractivity contribution is -0.167. The number of allylic oxidation sites excluding steroid dienone is 10. The number of ether oxygens (including phenoxy) is 3. The summed E-state index contributed by atoms with van der Waals surface area (Å²) < 4.78 is 16.8. The lowest BCUT2D eigenvalue weighted by Crippen LogP contribution is -2.30. The van der Waals surface area contributed by atoms with Crippen LogP contribution in [0.4, 0.5) is 0 Å². The van der Waals surface area contributed by atoms with Crippen molar-refractivity contribution >= 4 is 17.9 Å². The van der Waals surface area contributed by atoms with Gasteiger partial charge in [-0.15, -0.1) is 0 Å². The first-order valence-corrected chi connectivity index (χ1v) is 36.3. The van der Waals surface area contributed by atoms with Gasteiger partial charge in [-0.1, -0.05) is 364 Å². The number of hydrogen-bond acceptors (Lipinski definition) is 6. The fourth-order valence-electron chi connectivity index (χ4n) is 10.9. The normalized spacial score (nSPS) is 12.4. The Morgan fingerprint density at radius 1 is 0.256 bits per heavy atom. The van der Waals surface area contributed by atoms with Gasteiger partial charge in [0, 0.05) is 19.3 Å². The quantitative estimate of drug-likeness (QED) is 0.0261. The van der Waals surface area contributed by atoms with Crippen LogP contribution in [0.25, 0.3) is 0 Å². The lowest BCUT2D eigenvalue weighted by atomic mass is 10.0. The van der Waals surface area contributed by atoms with Crippen LogP contribution in [-0.4, -0.2) is 37.2 Å². The minimum Gasteiger partial charge on any atom is -0.462 e. The first-order valence-electron chi connectivity index (χ1n) is 36.3. The van der Waals surface area contributed by atoms with Gasteiger partial charge in [0.25, 0.3) is 0 Å². The zero-order valence-corrected chi connectivity index (χ0v) is 55.0. The van der Waals surface area contributed by atoms with Crippen LogP contribution in [0, 0.1) is 0 Å². The first-order chi connectivity index (χ1) is 40.5. The van der Waals surface area contributed by atoms with Crippen LogP contribution in [0.2, 0.25) is 0 Å². The molecule has 0 spiro atoms. The molecule has 478 valence electrons. The number of carbonyl (C=O) groups excluding carboxylic acids is 3. The predicted molar refractivity (Wildman–Crippen MR) is 358 cm³/mol. The van der Waals surface area contributed by atoms with E-state index in [0.29, 0.717) is 19.3 Å². The van der Waals surface area contributed by atoms with Crippen molar-refractivity contribution in [3.05, 3.63) is 60.8 Å². The predicted octanol–water partition coefficient (Wildman–Crippen LogP) is 25.1. The maximum absolute atomic E-state index is 12.9. The van der Waals surface area contributed by atoms with Gasteiger partial charge in [-0.25, -0.2) is 0 Å². The molecule has 6 nitrogen and oxygen atoms in total. The molecule has 0 aliphatic carbocycles. The van der Waals surface area contributed by atoms with Gasteiger partial charge in [0.2, 0.25) is 0 Å². The van der Waals surface area contributed by atoms with Gasteiger partial charge in [-0.2, -0.15) is 0 Å². The third-order valence-corrected chi connectivity index (χ3v) is 16.3. The van der Waals surface area contributed by atoms with E-state index in [0.717, 1.165) is 96.3 Å². The summed E-state index contributed by atoms with van der Waals surface area (Å²) in [5.41, 5.74) is 0. The van der Waals surface area contributed by atoms with Crippen LogP contribution >= 0.6 is 0 Å². The minimum absolute atomic E-state index is 0.0691. The third kappa shape index (κ3) is 67.9. The number of unbranched alkanes of at least 4 members (excludes halogenated alkanes) is 46. The summed E-state index contributed by atoms with van der Waals surface area (Å²) in [5.74, 6) is -0.859. The van der Waals surface area contributed by atoms with Crippen molar-refractivity contribution in [2.75, 3.05) is 13.2 Å². The zero-order valence-electron chi connectivity index (χ0n) is 55.0. The summed E-state index contributed by atoms with van der Waals surface area (Å²) in [6, 6.07) is 0. The molecule has 0 aromatic carbocycles. The molecule has 6 heteroatoms. The molecule has 0 fully saturated rings. The highest BCUT2D eigenvalue weighted by atomic mass is 16.6. The Morgan fingerprint density at radius 3 is 0.744 bits per heavy atom. The Labute approximate surface area is 510 Å². The van der Waals surface area contributed by atoms with Crippen LogP contribution in [0.5, 0.6) is 0 Å². The summed E-state index contributed by atoms with van der Waals surface area (Å²) in [4.78, 5) is 38.0. The molecule has 0 aromatic rings. The average Bonchev–Trinajstić information content (AvgIpc) is 3.48. The van der Waals surface area contributed by atoms with Gasteiger partial charge in [0.1, 0.15) is 13.2 Å². The standard InChI is InChI=1S/C76H138O6/c1-4-7-10-13-15-17-19-21-23-25-27-29-31-33-35-37-38-39-41-42-44-46-48-50-52-54-56-58-60-63-66-69-75(78)81-72-73(71-80-74(77)68-65-62-12-9-6-3)82-76(79)70-67-64-61-59-57-55-53-51-49-47-45-43-40-36-34-32-30-28-26-24-22-20-18-16-14-11-8-5-2/h7,10,15,17,21,23,27,29,33,35,73H,4-6,8-9,11-14,16,18-20,22,24-26,28,30-32,34,36-72H2,1-3H3/b10-7-,17-15-,23-21-,29-27-,35-33-. The number of hydrogen-bond donors (Lipinski definition) is 0. The van der Waals surface area contributed by atoms with Crippen LogP contribution in [0.1, 0.15) is 387 Å². The molecule has 1 atom stereocenters. The molecule has 0 heterocycles. The Morgan fingerprint density at radius 2 is 0.476 bits per heavy atom. The second-order valence-corrected chi connectivity index (χ2v) is 24.5. The molecular weight excluding hydrogens is 1010 g/mol. The lowest BCUT2D eigenvalue weighted by Gasteiger charge is -2.18. The second kappa shape index (κ2) is 70.6. The highest BCUT2D eigenvalue weighted by Gasteiger charge is 2.19. The molecule has 0 bridgehead atoms. The summed E-state index contributed by atoms with van der Waals surface area (Å²) in [6.45, 7) is 6.51. The van der Waals surface area contributed by atoms with E-state index in [1.807, 2.05) is 0 Å². The van der Waals surface area contributed by atoms with Crippen molar-refractivity contribution in [2.45, 2.75) is 393 Å².